The van der Waals surface area contributed by atoms with Crippen molar-refractivity contribution in [2.75, 3.05) is 18.1 Å². The minimum atomic E-state index is 0.343. The van der Waals surface area contributed by atoms with Crippen LogP contribution in [0.15, 0.2) is 0 Å². The Hall–Kier alpha value is -0.550. The van der Waals surface area contributed by atoms with E-state index in [0.717, 1.165) is 30.4 Å². The van der Waals surface area contributed by atoms with Crippen LogP contribution in [0.3, 0.4) is 0 Å². The molecule has 1 atom stereocenters. The summed E-state index contributed by atoms with van der Waals surface area (Å²) >= 11 is 1.96. The van der Waals surface area contributed by atoms with E-state index in [0.29, 0.717) is 6.04 Å². The quantitative estimate of drug-likeness (QED) is 0.736. The molecule has 1 aromatic heterocycles. The summed E-state index contributed by atoms with van der Waals surface area (Å²) in [7, 11) is 0. The van der Waals surface area contributed by atoms with Crippen molar-refractivity contribution < 1.29 is 0 Å². The lowest BCUT2D eigenvalue weighted by atomic mass is 10.3. The molecule has 1 saturated heterocycles. The summed E-state index contributed by atoms with van der Waals surface area (Å²) in [5, 5.41) is 10.5. The maximum Gasteiger partial charge on any atom is 0.168 e. The smallest absolute Gasteiger partial charge is 0.168 e. The number of aromatic nitrogens is 3. The summed E-state index contributed by atoms with van der Waals surface area (Å²) < 4.78 is 0. The van der Waals surface area contributed by atoms with Crippen molar-refractivity contribution in [2.45, 2.75) is 19.4 Å². The van der Waals surface area contributed by atoms with E-state index in [2.05, 4.69) is 27.4 Å². The van der Waals surface area contributed by atoms with Crippen LogP contribution in [0, 0.1) is 0 Å². The molecule has 1 unspecified atom stereocenters. The van der Waals surface area contributed by atoms with E-state index in [1.807, 2.05) is 11.8 Å². The highest BCUT2D eigenvalue weighted by Crippen LogP contribution is 2.18. The van der Waals surface area contributed by atoms with Crippen molar-refractivity contribution in [3.63, 3.8) is 0 Å². The highest BCUT2D eigenvalue weighted by atomic mass is 32.2. The van der Waals surface area contributed by atoms with Crippen molar-refractivity contribution >= 4 is 11.8 Å². The number of hydrogen-bond acceptors (Lipinski definition) is 4. The molecule has 0 aromatic carbocycles. The zero-order valence-electron chi connectivity index (χ0n) is 7.71. The Bertz CT molecular complexity index is 267. The van der Waals surface area contributed by atoms with Crippen LogP contribution in [0.1, 0.15) is 24.6 Å². The lowest BCUT2D eigenvalue weighted by Crippen LogP contribution is -2.31. The fourth-order valence-corrected chi connectivity index (χ4v) is 2.29. The van der Waals surface area contributed by atoms with Crippen LogP contribution < -0.4 is 5.32 Å². The van der Waals surface area contributed by atoms with Gasteiger partial charge in [0.05, 0.1) is 6.04 Å². The molecule has 2 heterocycles. The molecule has 0 radical (unpaired) electrons. The van der Waals surface area contributed by atoms with Gasteiger partial charge >= 0.3 is 0 Å². The average molecular weight is 198 g/mol. The highest BCUT2D eigenvalue weighted by Gasteiger charge is 2.18. The number of aryl methyl sites for hydroxylation is 1. The van der Waals surface area contributed by atoms with Crippen molar-refractivity contribution in [2.24, 2.45) is 0 Å². The van der Waals surface area contributed by atoms with Gasteiger partial charge in [-0.1, -0.05) is 6.92 Å². The maximum atomic E-state index is 4.41. The maximum absolute atomic E-state index is 4.41. The fourth-order valence-electron chi connectivity index (χ4n) is 1.36. The van der Waals surface area contributed by atoms with Crippen LogP contribution in [-0.2, 0) is 6.42 Å². The summed E-state index contributed by atoms with van der Waals surface area (Å²) in [6.07, 6.45) is 0.923. The monoisotopic (exact) mass is 198 g/mol. The molecule has 1 aliphatic heterocycles. The molecule has 0 bridgehead atoms. The van der Waals surface area contributed by atoms with E-state index >= 15 is 0 Å². The molecule has 72 valence electrons. The SMILES string of the molecule is CCc1nc(C2CSCCN2)n[nH]1. The predicted molar refractivity (Wildman–Crippen MR) is 53.8 cm³/mol. The van der Waals surface area contributed by atoms with Gasteiger partial charge in [0, 0.05) is 24.5 Å². The Labute approximate surface area is 81.9 Å². The fraction of sp³-hybridized carbons (Fsp3) is 0.750. The Morgan fingerprint density at radius 3 is 3.15 bits per heavy atom. The third-order valence-corrected chi connectivity index (χ3v) is 3.18. The molecule has 2 rings (SSSR count). The molecule has 5 heteroatoms. The number of thioether (sulfide) groups is 1. The zero-order valence-corrected chi connectivity index (χ0v) is 8.52. The molecule has 0 spiro atoms. The zero-order chi connectivity index (χ0) is 9.10. The Morgan fingerprint density at radius 1 is 1.62 bits per heavy atom. The first-order valence-corrected chi connectivity index (χ1v) is 5.78. The summed E-state index contributed by atoms with van der Waals surface area (Å²) in [6, 6.07) is 0.343. The van der Waals surface area contributed by atoms with Gasteiger partial charge < -0.3 is 5.32 Å². The topological polar surface area (TPSA) is 53.6 Å². The first-order chi connectivity index (χ1) is 6.40. The third kappa shape index (κ3) is 2.03. The lowest BCUT2D eigenvalue weighted by molar-refractivity contribution is 0.566. The van der Waals surface area contributed by atoms with Gasteiger partial charge in [0.1, 0.15) is 5.82 Å². The van der Waals surface area contributed by atoms with Gasteiger partial charge in [-0.15, -0.1) is 0 Å². The van der Waals surface area contributed by atoms with Crippen LogP contribution in [0.2, 0.25) is 0 Å². The number of nitrogens with one attached hydrogen (secondary N) is 2. The molecule has 1 aromatic rings. The second-order valence-electron chi connectivity index (χ2n) is 3.08. The van der Waals surface area contributed by atoms with Crippen LogP contribution in [0.4, 0.5) is 0 Å². The van der Waals surface area contributed by atoms with E-state index in [9.17, 15) is 0 Å². The van der Waals surface area contributed by atoms with Gasteiger partial charge in [0.15, 0.2) is 5.82 Å². The van der Waals surface area contributed by atoms with Gasteiger partial charge in [0.25, 0.3) is 0 Å². The van der Waals surface area contributed by atoms with E-state index in [1.54, 1.807) is 0 Å². The van der Waals surface area contributed by atoms with Crippen LogP contribution in [0.25, 0.3) is 0 Å². The molecule has 1 aliphatic rings. The number of aromatic amines is 1. The summed E-state index contributed by atoms with van der Waals surface area (Å²) in [5.41, 5.74) is 0. The molecule has 13 heavy (non-hydrogen) atoms. The molecule has 4 nitrogen and oxygen atoms in total. The second-order valence-corrected chi connectivity index (χ2v) is 4.23. The lowest BCUT2D eigenvalue weighted by Gasteiger charge is -2.19. The van der Waals surface area contributed by atoms with E-state index in [4.69, 9.17) is 0 Å². The van der Waals surface area contributed by atoms with Crippen molar-refractivity contribution in [3.05, 3.63) is 11.6 Å². The summed E-state index contributed by atoms with van der Waals surface area (Å²) in [6.45, 7) is 3.14. The van der Waals surface area contributed by atoms with Gasteiger partial charge in [-0.3, -0.25) is 5.10 Å². The van der Waals surface area contributed by atoms with Gasteiger partial charge in [-0.05, 0) is 0 Å². The van der Waals surface area contributed by atoms with Gasteiger partial charge in [-0.25, -0.2) is 4.98 Å². The van der Waals surface area contributed by atoms with Gasteiger partial charge in [0.2, 0.25) is 0 Å². The van der Waals surface area contributed by atoms with Gasteiger partial charge in [-0.2, -0.15) is 16.9 Å². The molecular weight excluding hydrogens is 184 g/mol. The van der Waals surface area contributed by atoms with Crippen LogP contribution >= 0.6 is 11.8 Å². The molecule has 2 N–H and O–H groups in total. The van der Waals surface area contributed by atoms with Crippen molar-refractivity contribution in [1.29, 1.82) is 0 Å². The second kappa shape index (κ2) is 4.11. The Kier molecular flexibility index (Phi) is 2.85. The first kappa shape index (κ1) is 9.02. The van der Waals surface area contributed by atoms with E-state index in [1.165, 1.54) is 5.75 Å². The highest BCUT2D eigenvalue weighted by molar-refractivity contribution is 7.99. The molecule has 0 saturated carbocycles. The van der Waals surface area contributed by atoms with Crippen molar-refractivity contribution in [3.8, 4) is 0 Å². The first-order valence-electron chi connectivity index (χ1n) is 4.62. The van der Waals surface area contributed by atoms with E-state index in [-0.39, 0.29) is 0 Å². The number of hydrogen-bond donors (Lipinski definition) is 2. The summed E-state index contributed by atoms with van der Waals surface area (Å²) in [5.74, 6) is 4.18. The van der Waals surface area contributed by atoms with Crippen LogP contribution in [-0.4, -0.2) is 33.2 Å². The predicted octanol–water partition coefficient (Wildman–Crippen LogP) is 0.745. The Balaban J connectivity index is 2.05. The number of nitrogens with zero attached hydrogens (tertiary/aromatic N) is 2. The normalized spacial score (nSPS) is 23.3. The van der Waals surface area contributed by atoms with E-state index < -0.39 is 0 Å². The van der Waals surface area contributed by atoms with Crippen LogP contribution in [0.5, 0.6) is 0 Å². The average Bonchev–Trinajstić information content (AvgIpc) is 2.67. The third-order valence-electron chi connectivity index (χ3n) is 2.12. The molecule has 0 amide bonds. The number of rotatable bonds is 2. The van der Waals surface area contributed by atoms with Crippen molar-refractivity contribution in [1.82, 2.24) is 20.5 Å². The minimum Gasteiger partial charge on any atom is -0.306 e. The molecule has 0 aliphatic carbocycles. The Morgan fingerprint density at radius 2 is 2.54 bits per heavy atom. The molecule has 1 fully saturated rings. The minimum absolute atomic E-state index is 0.343. The molecular formula is C8H14N4S. The largest absolute Gasteiger partial charge is 0.306 e. The standard InChI is InChI=1S/C8H14N4S/c1-2-7-10-8(12-11-7)6-5-13-4-3-9-6/h6,9H,2-5H2,1H3,(H,10,11,12). The number of H-pyrrole nitrogens is 1. The summed E-state index contributed by atoms with van der Waals surface area (Å²) in [4.78, 5) is 4.41.